The molecule has 2 N–H and O–H groups in total. The van der Waals surface area contributed by atoms with Gasteiger partial charge in [0.25, 0.3) is 5.91 Å². The number of aryl methyl sites for hydroxylation is 1. The molecule has 19 heavy (non-hydrogen) atoms. The Bertz CT molecular complexity index is 473. The van der Waals surface area contributed by atoms with Crippen molar-refractivity contribution in [2.24, 2.45) is 5.73 Å². The molecule has 1 aromatic rings. The highest BCUT2D eigenvalue weighted by Gasteiger charge is 2.33. The zero-order valence-electron chi connectivity index (χ0n) is 11.8. The van der Waals surface area contributed by atoms with E-state index in [4.69, 9.17) is 10.5 Å². The van der Waals surface area contributed by atoms with Crippen LogP contribution in [0.25, 0.3) is 0 Å². The molecular weight excluding hydrogens is 240 g/mol. The molecule has 2 unspecified atom stereocenters. The van der Waals surface area contributed by atoms with Crippen molar-refractivity contribution in [3.05, 3.63) is 23.8 Å². The first-order valence-electron chi connectivity index (χ1n) is 6.91. The first kappa shape index (κ1) is 13.9. The molecular formula is C15H22N2O2. The van der Waals surface area contributed by atoms with Crippen LogP contribution in [0.3, 0.4) is 0 Å². The quantitative estimate of drug-likeness (QED) is 0.905. The molecule has 1 heterocycles. The highest BCUT2D eigenvalue weighted by atomic mass is 16.5. The van der Waals surface area contributed by atoms with Gasteiger partial charge in [0.2, 0.25) is 0 Å². The van der Waals surface area contributed by atoms with E-state index < -0.39 is 6.10 Å². The maximum absolute atomic E-state index is 12.4. The van der Waals surface area contributed by atoms with Gasteiger partial charge in [-0.2, -0.15) is 0 Å². The summed E-state index contributed by atoms with van der Waals surface area (Å²) in [7, 11) is 0. The SMILES string of the molecule is CCC(N)CN1C(=O)C(CC)Oc2cc(C)ccc21. The van der Waals surface area contributed by atoms with Crippen LogP contribution in [0.15, 0.2) is 18.2 Å². The zero-order valence-corrected chi connectivity index (χ0v) is 11.8. The Kier molecular flexibility index (Phi) is 4.10. The molecule has 2 rings (SSSR count). The molecule has 1 amide bonds. The molecule has 1 aliphatic heterocycles. The van der Waals surface area contributed by atoms with Gasteiger partial charge >= 0.3 is 0 Å². The highest BCUT2D eigenvalue weighted by molar-refractivity contribution is 6.00. The molecule has 0 saturated carbocycles. The molecule has 4 nitrogen and oxygen atoms in total. The van der Waals surface area contributed by atoms with Gasteiger partial charge in [0, 0.05) is 12.6 Å². The van der Waals surface area contributed by atoms with E-state index in [1.807, 2.05) is 39.0 Å². The van der Waals surface area contributed by atoms with Gasteiger partial charge in [0.1, 0.15) is 5.75 Å². The Hall–Kier alpha value is -1.55. The van der Waals surface area contributed by atoms with Crippen molar-refractivity contribution in [3.63, 3.8) is 0 Å². The number of benzene rings is 1. The van der Waals surface area contributed by atoms with E-state index in [0.29, 0.717) is 13.0 Å². The summed E-state index contributed by atoms with van der Waals surface area (Å²) in [5.41, 5.74) is 7.97. The standard InChI is InChI=1S/C15H22N2O2/c1-4-11(16)9-17-12-7-6-10(3)8-14(12)19-13(5-2)15(17)18/h6-8,11,13H,4-5,9,16H2,1-3H3. The summed E-state index contributed by atoms with van der Waals surface area (Å²) in [4.78, 5) is 14.2. The van der Waals surface area contributed by atoms with Crippen molar-refractivity contribution in [1.29, 1.82) is 0 Å². The summed E-state index contributed by atoms with van der Waals surface area (Å²) in [6, 6.07) is 5.91. The summed E-state index contributed by atoms with van der Waals surface area (Å²) in [5, 5.41) is 0. The molecule has 0 aliphatic carbocycles. The molecule has 0 radical (unpaired) electrons. The summed E-state index contributed by atoms with van der Waals surface area (Å²) >= 11 is 0. The molecule has 1 aromatic carbocycles. The fraction of sp³-hybridized carbons (Fsp3) is 0.533. The lowest BCUT2D eigenvalue weighted by molar-refractivity contribution is -0.126. The number of ether oxygens (including phenoxy) is 1. The number of hydrogen-bond donors (Lipinski definition) is 1. The summed E-state index contributed by atoms with van der Waals surface area (Å²) in [6.07, 6.45) is 1.13. The van der Waals surface area contributed by atoms with Crippen LogP contribution in [-0.2, 0) is 4.79 Å². The van der Waals surface area contributed by atoms with Crippen molar-refractivity contribution < 1.29 is 9.53 Å². The van der Waals surface area contributed by atoms with Crippen LogP contribution in [0.5, 0.6) is 5.75 Å². The number of fused-ring (bicyclic) bond motifs is 1. The Balaban J connectivity index is 2.37. The van der Waals surface area contributed by atoms with E-state index in [9.17, 15) is 4.79 Å². The van der Waals surface area contributed by atoms with E-state index >= 15 is 0 Å². The number of carbonyl (C=O) groups excluding carboxylic acids is 1. The lowest BCUT2D eigenvalue weighted by Gasteiger charge is -2.35. The smallest absolute Gasteiger partial charge is 0.268 e. The third kappa shape index (κ3) is 2.73. The van der Waals surface area contributed by atoms with Gasteiger partial charge in [-0.15, -0.1) is 0 Å². The minimum atomic E-state index is -0.390. The Morgan fingerprint density at radius 2 is 2.16 bits per heavy atom. The first-order valence-corrected chi connectivity index (χ1v) is 6.91. The number of carbonyl (C=O) groups is 1. The largest absolute Gasteiger partial charge is 0.478 e. The van der Waals surface area contributed by atoms with Gasteiger partial charge in [0.15, 0.2) is 6.10 Å². The first-order chi connectivity index (χ1) is 9.06. The lowest BCUT2D eigenvalue weighted by atomic mass is 10.1. The van der Waals surface area contributed by atoms with Crippen LogP contribution in [0.4, 0.5) is 5.69 Å². The number of rotatable bonds is 4. The van der Waals surface area contributed by atoms with E-state index in [1.165, 1.54) is 0 Å². The molecule has 0 saturated heterocycles. The average molecular weight is 262 g/mol. The van der Waals surface area contributed by atoms with Gasteiger partial charge in [-0.3, -0.25) is 4.79 Å². The second-order valence-corrected chi connectivity index (χ2v) is 5.10. The molecule has 0 spiro atoms. The maximum Gasteiger partial charge on any atom is 0.268 e. The molecule has 1 aliphatic rings. The number of nitrogens with two attached hydrogens (primary N) is 1. The third-order valence-corrected chi connectivity index (χ3v) is 3.53. The van der Waals surface area contributed by atoms with Crippen molar-refractivity contribution >= 4 is 11.6 Å². The normalized spacial score (nSPS) is 19.9. The van der Waals surface area contributed by atoms with Crippen molar-refractivity contribution in [3.8, 4) is 5.75 Å². The van der Waals surface area contributed by atoms with Gasteiger partial charge in [-0.1, -0.05) is 19.9 Å². The van der Waals surface area contributed by atoms with Gasteiger partial charge in [-0.25, -0.2) is 0 Å². The maximum atomic E-state index is 12.4. The predicted octanol–water partition coefficient (Wildman–Crippen LogP) is 2.24. The number of anilines is 1. The molecule has 2 atom stereocenters. The summed E-state index contributed by atoms with van der Waals surface area (Å²) < 4.78 is 5.79. The van der Waals surface area contributed by atoms with Gasteiger partial charge in [0.05, 0.1) is 5.69 Å². The Morgan fingerprint density at radius 1 is 1.42 bits per heavy atom. The van der Waals surface area contributed by atoms with Crippen LogP contribution in [0.2, 0.25) is 0 Å². The topological polar surface area (TPSA) is 55.6 Å². The molecule has 4 heteroatoms. The minimum absolute atomic E-state index is 0.00582. The second-order valence-electron chi connectivity index (χ2n) is 5.10. The molecule has 0 bridgehead atoms. The zero-order chi connectivity index (χ0) is 14.0. The number of nitrogens with zero attached hydrogens (tertiary/aromatic N) is 1. The predicted molar refractivity (Wildman–Crippen MR) is 76.5 cm³/mol. The van der Waals surface area contributed by atoms with Crippen molar-refractivity contribution in [2.75, 3.05) is 11.4 Å². The minimum Gasteiger partial charge on any atom is -0.478 e. The van der Waals surface area contributed by atoms with Gasteiger partial charge < -0.3 is 15.4 Å². The number of hydrogen-bond acceptors (Lipinski definition) is 3. The van der Waals surface area contributed by atoms with E-state index in [-0.39, 0.29) is 11.9 Å². The van der Waals surface area contributed by atoms with Crippen LogP contribution < -0.4 is 15.4 Å². The third-order valence-electron chi connectivity index (χ3n) is 3.53. The van der Waals surface area contributed by atoms with E-state index in [2.05, 4.69) is 0 Å². The van der Waals surface area contributed by atoms with Crippen molar-refractivity contribution in [1.82, 2.24) is 0 Å². The van der Waals surface area contributed by atoms with Crippen LogP contribution in [0, 0.1) is 6.92 Å². The van der Waals surface area contributed by atoms with Crippen molar-refractivity contribution in [2.45, 2.75) is 45.8 Å². The molecule has 0 fully saturated rings. The lowest BCUT2D eigenvalue weighted by Crippen LogP contribution is -2.49. The van der Waals surface area contributed by atoms with Crippen LogP contribution in [0.1, 0.15) is 32.3 Å². The number of amides is 1. The fourth-order valence-corrected chi connectivity index (χ4v) is 2.24. The Labute approximate surface area is 114 Å². The second kappa shape index (κ2) is 5.61. The monoisotopic (exact) mass is 262 g/mol. The van der Waals surface area contributed by atoms with E-state index in [0.717, 1.165) is 23.4 Å². The van der Waals surface area contributed by atoms with Gasteiger partial charge in [-0.05, 0) is 37.5 Å². The van der Waals surface area contributed by atoms with Crippen LogP contribution in [-0.4, -0.2) is 24.6 Å². The molecule has 104 valence electrons. The van der Waals surface area contributed by atoms with Crippen LogP contribution >= 0.6 is 0 Å². The highest BCUT2D eigenvalue weighted by Crippen LogP contribution is 2.35. The Morgan fingerprint density at radius 3 is 2.79 bits per heavy atom. The average Bonchev–Trinajstić information content (AvgIpc) is 2.41. The summed E-state index contributed by atoms with van der Waals surface area (Å²) in [6.45, 7) is 6.55. The van der Waals surface area contributed by atoms with E-state index in [1.54, 1.807) is 4.90 Å². The summed E-state index contributed by atoms with van der Waals surface area (Å²) in [5.74, 6) is 0.803. The fourth-order valence-electron chi connectivity index (χ4n) is 2.24. The molecule has 0 aromatic heterocycles.